The molecule has 94 valence electrons. The number of hydrogen-bond donors (Lipinski definition) is 2. The fourth-order valence-corrected chi connectivity index (χ4v) is 1.57. The zero-order chi connectivity index (χ0) is 12.7. The number of rotatable bonds is 7. The van der Waals surface area contributed by atoms with Crippen molar-refractivity contribution in [1.29, 1.82) is 0 Å². The molecule has 0 aliphatic heterocycles. The molecule has 1 unspecified atom stereocenters. The summed E-state index contributed by atoms with van der Waals surface area (Å²) >= 11 is 0. The lowest BCUT2D eigenvalue weighted by atomic mass is 10.1. The predicted octanol–water partition coefficient (Wildman–Crippen LogP) is -0.188. The van der Waals surface area contributed by atoms with Gasteiger partial charge in [0.25, 0.3) is 0 Å². The molecule has 0 fully saturated rings. The van der Waals surface area contributed by atoms with E-state index in [1.54, 1.807) is 7.05 Å². The van der Waals surface area contributed by atoms with E-state index in [2.05, 4.69) is 5.32 Å². The molecule has 3 N–H and O–H groups in total. The molecule has 0 saturated carbocycles. The number of nitrogens with two attached hydrogens (primary N) is 1. The monoisotopic (exact) mass is 229 g/mol. The molecule has 5 nitrogen and oxygen atoms in total. The van der Waals surface area contributed by atoms with Crippen molar-refractivity contribution in [1.82, 2.24) is 10.2 Å². The Hall–Kier alpha value is -1.10. The van der Waals surface area contributed by atoms with Crippen LogP contribution in [-0.4, -0.2) is 43.4 Å². The van der Waals surface area contributed by atoms with Gasteiger partial charge in [-0.3, -0.25) is 9.59 Å². The molecule has 0 rings (SSSR count). The average Bonchev–Trinajstić information content (AvgIpc) is 2.14. The molecule has 0 aromatic carbocycles. The van der Waals surface area contributed by atoms with Crippen LogP contribution in [0, 0.1) is 11.8 Å². The molecule has 0 spiro atoms. The Kier molecular flexibility index (Phi) is 6.72. The third-order valence-corrected chi connectivity index (χ3v) is 2.18. The van der Waals surface area contributed by atoms with Crippen molar-refractivity contribution in [3.05, 3.63) is 0 Å². The molecule has 0 aliphatic carbocycles. The molecule has 0 radical (unpaired) electrons. The molecule has 1 atom stereocenters. The lowest BCUT2D eigenvalue weighted by Gasteiger charge is -2.26. The minimum Gasteiger partial charge on any atom is -0.368 e. The highest BCUT2D eigenvalue weighted by atomic mass is 16.2. The molecule has 0 aliphatic rings. The van der Waals surface area contributed by atoms with Crippen LogP contribution >= 0.6 is 0 Å². The molecular formula is C11H23N3O2. The summed E-state index contributed by atoms with van der Waals surface area (Å²) in [6.45, 7) is 7.02. The quantitative estimate of drug-likeness (QED) is 0.635. The van der Waals surface area contributed by atoms with Gasteiger partial charge in [-0.1, -0.05) is 20.8 Å². The highest BCUT2D eigenvalue weighted by Gasteiger charge is 2.21. The molecule has 0 saturated heterocycles. The lowest BCUT2D eigenvalue weighted by molar-refractivity contribution is -0.138. The molecule has 16 heavy (non-hydrogen) atoms. The number of amides is 2. The molecule has 2 amide bonds. The number of primary amides is 1. The minimum absolute atomic E-state index is 0.00503. The van der Waals surface area contributed by atoms with E-state index in [0.717, 1.165) is 0 Å². The van der Waals surface area contributed by atoms with Crippen molar-refractivity contribution in [2.45, 2.75) is 20.8 Å². The molecule has 0 aromatic rings. The van der Waals surface area contributed by atoms with E-state index >= 15 is 0 Å². The van der Waals surface area contributed by atoms with Crippen LogP contribution in [0.1, 0.15) is 20.8 Å². The minimum atomic E-state index is -0.467. The van der Waals surface area contributed by atoms with Gasteiger partial charge in [0.1, 0.15) is 0 Å². The summed E-state index contributed by atoms with van der Waals surface area (Å²) in [4.78, 5) is 24.4. The Morgan fingerprint density at radius 1 is 1.31 bits per heavy atom. The standard InChI is InChI=1S/C11H23N3O2/c1-8(2)6-14(7-10(12)15)11(16)9(3)5-13-4/h8-9,13H,5-7H2,1-4H3,(H2,12,15). The normalized spacial score (nSPS) is 12.6. The van der Waals surface area contributed by atoms with Gasteiger partial charge in [-0.2, -0.15) is 0 Å². The Balaban J connectivity index is 4.48. The summed E-state index contributed by atoms with van der Waals surface area (Å²) in [7, 11) is 1.80. The Morgan fingerprint density at radius 2 is 1.88 bits per heavy atom. The lowest BCUT2D eigenvalue weighted by Crippen LogP contribution is -2.44. The van der Waals surface area contributed by atoms with Gasteiger partial charge < -0.3 is 16.0 Å². The molecule has 0 aromatic heterocycles. The van der Waals surface area contributed by atoms with Gasteiger partial charge >= 0.3 is 0 Å². The van der Waals surface area contributed by atoms with Crippen LogP contribution in [0.2, 0.25) is 0 Å². The summed E-state index contributed by atoms with van der Waals surface area (Å²) in [5.41, 5.74) is 5.13. The van der Waals surface area contributed by atoms with Crippen LogP contribution in [0.3, 0.4) is 0 Å². The summed E-state index contributed by atoms with van der Waals surface area (Å²) in [6.07, 6.45) is 0. The molecule has 5 heteroatoms. The second-order valence-electron chi connectivity index (χ2n) is 4.54. The number of nitrogens with zero attached hydrogens (tertiary/aromatic N) is 1. The first-order valence-electron chi connectivity index (χ1n) is 5.60. The molecular weight excluding hydrogens is 206 g/mol. The van der Waals surface area contributed by atoms with Crippen LogP contribution in [0.5, 0.6) is 0 Å². The number of nitrogens with one attached hydrogen (secondary N) is 1. The highest BCUT2D eigenvalue weighted by molar-refractivity contribution is 5.85. The first-order valence-corrected chi connectivity index (χ1v) is 5.60. The van der Waals surface area contributed by atoms with Gasteiger partial charge in [0.05, 0.1) is 6.54 Å². The van der Waals surface area contributed by atoms with E-state index in [0.29, 0.717) is 19.0 Å². The zero-order valence-electron chi connectivity index (χ0n) is 10.6. The van der Waals surface area contributed by atoms with Gasteiger partial charge in [-0.05, 0) is 13.0 Å². The SMILES string of the molecule is CNCC(C)C(=O)N(CC(N)=O)CC(C)C. The van der Waals surface area contributed by atoms with E-state index in [1.807, 2.05) is 20.8 Å². The number of carbonyl (C=O) groups excluding carboxylic acids is 2. The summed E-state index contributed by atoms with van der Waals surface area (Å²) in [6, 6.07) is 0. The molecule has 0 bridgehead atoms. The van der Waals surface area contributed by atoms with Gasteiger partial charge in [0.15, 0.2) is 0 Å². The van der Waals surface area contributed by atoms with Crippen molar-refractivity contribution in [2.75, 3.05) is 26.7 Å². The van der Waals surface area contributed by atoms with Crippen molar-refractivity contribution >= 4 is 11.8 Å². The second kappa shape index (κ2) is 7.22. The number of hydrogen-bond acceptors (Lipinski definition) is 3. The Bertz CT molecular complexity index is 241. The average molecular weight is 229 g/mol. The highest BCUT2D eigenvalue weighted by Crippen LogP contribution is 2.05. The van der Waals surface area contributed by atoms with Crippen molar-refractivity contribution in [2.24, 2.45) is 17.6 Å². The van der Waals surface area contributed by atoms with Crippen molar-refractivity contribution < 1.29 is 9.59 Å². The van der Waals surface area contributed by atoms with Gasteiger partial charge in [-0.25, -0.2) is 0 Å². The number of carbonyl (C=O) groups is 2. The van der Waals surface area contributed by atoms with Gasteiger partial charge in [0.2, 0.25) is 11.8 Å². The fraction of sp³-hybridized carbons (Fsp3) is 0.818. The summed E-state index contributed by atoms with van der Waals surface area (Å²) < 4.78 is 0. The Morgan fingerprint density at radius 3 is 2.25 bits per heavy atom. The largest absolute Gasteiger partial charge is 0.368 e. The van der Waals surface area contributed by atoms with Crippen LogP contribution in [0.4, 0.5) is 0 Å². The van der Waals surface area contributed by atoms with E-state index in [-0.39, 0.29) is 18.4 Å². The van der Waals surface area contributed by atoms with Crippen LogP contribution in [0.15, 0.2) is 0 Å². The fourth-order valence-electron chi connectivity index (χ4n) is 1.57. The first-order chi connectivity index (χ1) is 7.38. The van der Waals surface area contributed by atoms with Gasteiger partial charge in [-0.15, -0.1) is 0 Å². The maximum absolute atomic E-state index is 12.0. The topological polar surface area (TPSA) is 75.4 Å². The summed E-state index contributed by atoms with van der Waals surface area (Å²) in [5, 5.41) is 2.95. The van der Waals surface area contributed by atoms with Crippen LogP contribution < -0.4 is 11.1 Å². The Labute approximate surface area is 97.4 Å². The third-order valence-electron chi connectivity index (χ3n) is 2.18. The summed E-state index contributed by atoms with van der Waals surface area (Å²) in [5.74, 6) is -0.305. The van der Waals surface area contributed by atoms with Crippen molar-refractivity contribution in [3.63, 3.8) is 0 Å². The third kappa shape index (κ3) is 5.70. The van der Waals surface area contributed by atoms with Gasteiger partial charge in [0, 0.05) is 19.0 Å². The smallest absolute Gasteiger partial charge is 0.237 e. The van der Waals surface area contributed by atoms with E-state index in [1.165, 1.54) is 4.90 Å². The molecule has 0 heterocycles. The maximum atomic E-state index is 12.0. The first kappa shape index (κ1) is 14.9. The van der Waals surface area contributed by atoms with E-state index < -0.39 is 5.91 Å². The van der Waals surface area contributed by atoms with Crippen molar-refractivity contribution in [3.8, 4) is 0 Å². The maximum Gasteiger partial charge on any atom is 0.237 e. The van der Waals surface area contributed by atoms with E-state index in [9.17, 15) is 9.59 Å². The van der Waals surface area contributed by atoms with E-state index in [4.69, 9.17) is 5.73 Å². The van der Waals surface area contributed by atoms with Crippen LogP contribution in [0.25, 0.3) is 0 Å². The zero-order valence-corrected chi connectivity index (χ0v) is 10.6. The second-order valence-corrected chi connectivity index (χ2v) is 4.54. The van der Waals surface area contributed by atoms with Crippen LogP contribution in [-0.2, 0) is 9.59 Å². The predicted molar refractivity (Wildman–Crippen MR) is 63.7 cm³/mol.